The molecule has 1 atom stereocenters. The number of rotatable bonds is 4. The van der Waals surface area contributed by atoms with Gasteiger partial charge < -0.3 is 9.64 Å². The van der Waals surface area contributed by atoms with E-state index in [0.29, 0.717) is 13.2 Å². The average Bonchev–Trinajstić information content (AvgIpc) is 2.71. The molecule has 0 aliphatic heterocycles. The molecular weight excluding hydrogens is 288 g/mol. The summed E-state index contributed by atoms with van der Waals surface area (Å²) in [5, 5.41) is 0. The number of nitrogens with zero attached hydrogens (tertiary/aromatic N) is 2. The highest BCUT2D eigenvalue weighted by molar-refractivity contribution is 5.88. The molecular formula is C19H20N2O2. The summed E-state index contributed by atoms with van der Waals surface area (Å²) in [7, 11) is 3.91. The van der Waals surface area contributed by atoms with Gasteiger partial charge in [0.15, 0.2) is 0 Å². The summed E-state index contributed by atoms with van der Waals surface area (Å²) in [5.41, 5.74) is 3.70. The molecule has 0 saturated carbocycles. The van der Waals surface area contributed by atoms with E-state index in [2.05, 4.69) is 4.98 Å². The van der Waals surface area contributed by atoms with Gasteiger partial charge in [-0.05, 0) is 42.9 Å². The zero-order valence-electron chi connectivity index (χ0n) is 13.4. The number of ether oxygens (including phenoxy) is 1. The molecule has 4 nitrogen and oxygen atoms in total. The maximum atomic E-state index is 12.8. The van der Waals surface area contributed by atoms with E-state index in [1.807, 2.05) is 67.5 Å². The van der Waals surface area contributed by atoms with Gasteiger partial charge in [-0.3, -0.25) is 9.78 Å². The standard InChI is InChI=1S/C19H20N2O2/c1-21(2)12-13-23-19(22)18-15-7-4-3-6-14(15)9-10-17-16(18)8-5-11-20-17/h3-11,18H,12-13H2,1-2H3. The number of esters is 1. The molecule has 0 spiro atoms. The van der Waals surface area contributed by atoms with Crippen molar-refractivity contribution in [3.05, 3.63) is 65.0 Å². The number of likely N-dealkylation sites (N-methyl/N-ethyl adjacent to an activating group) is 1. The van der Waals surface area contributed by atoms with E-state index in [4.69, 9.17) is 4.74 Å². The lowest BCUT2D eigenvalue weighted by Gasteiger charge is -2.19. The van der Waals surface area contributed by atoms with Crippen molar-refractivity contribution in [2.75, 3.05) is 27.2 Å². The topological polar surface area (TPSA) is 42.4 Å². The van der Waals surface area contributed by atoms with E-state index in [0.717, 1.165) is 22.4 Å². The Hall–Kier alpha value is -2.46. The Morgan fingerprint density at radius 1 is 1.13 bits per heavy atom. The van der Waals surface area contributed by atoms with Crippen LogP contribution in [0.1, 0.15) is 28.3 Å². The molecule has 0 saturated heterocycles. The van der Waals surface area contributed by atoms with Crippen LogP contribution in [0, 0.1) is 0 Å². The van der Waals surface area contributed by atoms with Crippen LogP contribution in [0.15, 0.2) is 42.6 Å². The number of benzene rings is 1. The molecule has 3 rings (SSSR count). The summed E-state index contributed by atoms with van der Waals surface area (Å²) in [5.74, 6) is -0.663. The summed E-state index contributed by atoms with van der Waals surface area (Å²) < 4.78 is 5.53. The van der Waals surface area contributed by atoms with Crippen LogP contribution in [0.25, 0.3) is 12.2 Å². The van der Waals surface area contributed by atoms with E-state index in [9.17, 15) is 4.79 Å². The molecule has 2 aromatic rings. The van der Waals surface area contributed by atoms with Crippen LogP contribution in [0.2, 0.25) is 0 Å². The molecule has 118 valence electrons. The smallest absolute Gasteiger partial charge is 0.318 e. The van der Waals surface area contributed by atoms with Gasteiger partial charge in [-0.2, -0.15) is 0 Å². The van der Waals surface area contributed by atoms with E-state index in [-0.39, 0.29) is 5.97 Å². The fourth-order valence-corrected chi connectivity index (χ4v) is 2.74. The van der Waals surface area contributed by atoms with Gasteiger partial charge in [0, 0.05) is 12.7 Å². The largest absolute Gasteiger partial charge is 0.464 e. The second-order valence-corrected chi connectivity index (χ2v) is 5.84. The van der Waals surface area contributed by atoms with Crippen molar-refractivity contribution in [2.45, 2.75) is 5.92 Å². The Morgan fingerprint density at radius 2 is 1.91 bits per heavy atom. The highest BCUT2D eigenvalue weighted by atomic mass is 16.5. The zero-order chi connectivity index (χ0) is 16.2. The van der Waals surface area contributed by atoms with Gasteiger partial charge >= 0.3 is 5.97 Å². The number of hydrogen-bond acceptors (Lipinski definition) is 4. The molecule has 0 fully saturated rings. The molecule has 0 radical (unpaired) electrons. The van der Waals surface area contributed by atoms with E-state index < -0.39 is 5.92 Å². The Balaban J connectivity index is 1.97. The number of aromatic nitrogens is 1. The summed E-state index contributed by atoms with van der Waals surface area (Å²) >= 11 is 0. The summed E-state index contributed by atoms with van der Waals surface area (Å²) in [6.45, 7) is 1.09. The summed E-state index contributed by atoms with van der Waals surface area (Å²) in [6, 6.07) is 11.7. The van der Waals surface area contributed by atoms with Gasteiger partial charge in [-0.25, -0.2) is 0 Å². The third-order valence-corrected chi connectivity index (χ3v) is 3.93. The van der Waals surface area contributed by atoms with Gasteiger partial charge in [-0.1, -0.05) is 36.4 Å². The fourth-order valence-electron chi connectivity index (χ4n) is 2.74. The minimum atomic E-state index is -0.438. The summed E-state index contributed by atoms with van der Waals surface area (Å²) in [6.07, 6.45) is 5.71. The Morgan fingerprint density at radius 3 is 2.74 bits per heavy atom. The van der Waals surface area contributed by atoms with Crippen LogP contribution in [0.5, 0.6) is 0 Å². The molecule has 4 heteroatoms. The minimum absolute atomic E-state index is 0.225. The predicted octanol–water partition coefficient (Wildman–Crippen LogP) is 2.80. The lowest BCUT2D eigenvalue weighted by molar-refractivity contribution is -0.144. The maximum Gasteiger partial charge on any atom is 0.318 e. The Labute approximate surface area is 136 Å². The molecule has 1 heterocycles. The van der Waals surface area contributed by atoms with Crippen molar-refractivity contribution in [1.29, 1.82) is 0 Å². The maximum absolute atomic E-state index is 12.8. The van der Waals surface area contributed by atoms with Crippen molar-refractivity contribution < 1.29 is 9.53 Å². The van der Waals surface area contributed by atoms with Crippen LogP contribution in [-0.2, 0) is 9.53 Å². The van der Waals surface area contributed by atoms with Crippen LogP contribution >= 0.6 is 0 Å². The second-order valence-electron chi connectivity index (χ2n) is 5.84. The SMILES string of the molecule is CN(C)CCOC(=O)C1c2ccccc2C=Cc2ncccc21. The first kappa shape index (κ1) is 15.4. The van der Waals surface area contributed by atoms with Gasteiger partial charge in [0.2, 0.25) is 0 Å². The van der Waals surface area contributed by atoms with Crippen LogP contribution in [0.4, 0.5) is 0 Å². The van der Waals surface area contributed by atoms with Gasteiger partial charge in [0.1, 0.15) is 12.5 Å². The van der Waals surface area contributed by atoms with Crippen molar-refractivity contribution >= 4 is 18.1 Å². The third-order valence-electron chi connectivity index (χ3n) is 3.93. The third kappa shape index (κ3) is 3.32. The zero-order valence-corrected chi connectivity index (χ0v) is 13.4. The van der Waals surface area contributed by atoms with E-state index in [1.54, 1.807) is 6.20 Å². The number of carbonyl (C=O) groups excluding carboxylic acids is 1. The van der Waals surface area contributed by atoms with Crippen molar-refractivity contribution in [2.24, 2.45) is 0 Å². The molecule has 0 amide bonds. The number of carbonyl (C=O) groups is 1. The minimum Gasteiger partial charge on any atom is -0.464 e. The predicted molar refractivity (Wildman–Crippen MR) is 91.0 cm³/mol. The highest BCUT2D eigenvalue weighted by Crippen LogP contribution is 2.34. The van der Waals surface area contributed by atoms with Crippen LogP contribution in [0.3, 0.4) is 0 Å². The molecule has 1 aliphatic carbocycles. The molecule has 0 N–H and O–H groups in total. The number of pyridine rings is 1. The van der Waals surface area contributed by atoms with Crippen molar-refractivity contribution in [1.82, 2.24) is 9.88 Å². The highest BCUT2D eigenvalue weighted by Gasteiger charge is 2.29. The van der Waals surface area contributed by atoms with Crippen molar-refractivity contribution in [3.63, 3.8) is 0 Å². The van der Waals surface area contributed by atoms with Crippen LogP contribution in [-0.4, -0.2) is 43.1 Å². The monoisotopic (exact) mass is 308 g/mol. The first-order valence-corrected chi connectivity index (χ1v) is 7.70. The van der Waals surface area contributed by atoms with Crippen LogP contribution < -0.4 is 0 Å². The normalized spacial score (nSPS) is 15.7. The molecule has 1 aliphatic rings. The molecule has 0 bridgehead atoms. The Kier molecular flexibility index (Phi) is 4.53. The van der Waals surface area contributed by atoms with Gasteiger partial charge in [-0.15, -0.1) is 0 Å². The molecule has 1 aromatic carbocycles. The first-order chi connectivity index (χ1) is 11.2. The van der Waals surface area contributed by atoms with Gasteiger partial charge in [0.25, 0.3) is 0 Å². The number of fused-ring (bicyclic) bond motifs is 2. The lowest BCUT2D eigenvalue weighted by atomic mass is 9.89. The molecule has 23 heavy (non-hydrogen) atoms. The number of hydrogen-bond donors (Lipinski definition) is 0. The molecule has 1 unspecified atom stereocenters. The van der Waals surface area contributed by atoms with E-state index in [1.165, 1.54) is 0 Å². The van der Waals surface area contributed by atoms with Crippen molar-refractivity contribution in [3.8, 4) is 0 Å². The van der Waals surface area contributed by atoms with E-state index >= 15 is 0 Å². The van der Waals surface area contributed by atoms with Gasteiger partial charge in [0.05, 0.1) is 5.69 Å². The second kappa shape index (κ2) is 6.75. The Bertz CT molecular complexity index is 688. The summed E-state index contributed by atoms with van der Waals surface area (Å²) in [4.78, 5) is 19.2. The molecule has 1 aromatic heterocycles. The first-order valence-electron chi connectivity index (χ1n) is 7.70. The fraction of sp³-hybridized carbons (Fsp3) is 0.263. The average molecular weight is 308 g/mol. The lowest BCUT2D eigenvalue weighted by Crippen LogP contribution is -2.24. The quantitative estimate of drug-likeness (QED) is 0.815.